The zero-order chi connectivity index (χ0) is 19.0. The van der Waals surface area contributed by atoms with Gasteiger partial charge in [-0.3, -0.25) is 10.1 Å². The molecule has 0 fully saturated rings. The van der Waals surface area contributed by atoms with E-state index in [9.17, 15) is 23.3 Å². The normalized spacial score (nSPS) is 11.6. The number of unbranched alkanes of at least 4 members (excludes halogenated alkanes) is 4. The van der Waals surface area contributed by atoms with Gasteiger partial charge in [0.1, 0.15) is 0 Å². The summed E-state index contributed by atoms with van der Waals surface area (Å²) in [6.45, 7) is 7.16. The average molecular weight is 357 g/mol. The summed E-state index contributed by atoms with van der Waals surface area (Å²) in [5.74, 6) is 0. The molecule has 1 rings (SSSR count). The lowest BCUT2D eigenvalue weighted by Gasteiger charge is -2.15. The molecule has 3 nitrogen and oxygen atoms in total. The molecule has 0 heterocycles. The van der Waals surface area contributed by atoms with Gasteiger partial charge < -0.3 is 0 Å². The molecule has 0 aromatic heterocycles. The largest absolute Gasteiger partial charge is 0.416 e. The summed E-state index contributed by atoms with van der Waals surface area (Å²) in [4.78, 5) is 11.1. The predicted octanol–water partition coefficient (Wildman–Crippen LogP) is 6.64. The van der Waals surface area contributed by atoms with E-state index in [2.05, 4.69) is 6.58 Å². The minimum atomic E-state index is -4.54. The molecule has 6 heteroatoms. The van der Waals surface area contributed by atoms with Gasteiger partial charge in [0.2, 0.25) is 0 Å². The van der Waals surface area contributed by atoms with Crippen molar-refractivity contribution in [2.75, 3.05) is 0 Å². The van der Waals surface area contributed by atoms with Crippen molar-refractivity contribution in [1.29, 1.82) is 0 Å². The van der Waals surface area contributed by atoms with Crippen LogP contribution in [0, 0.1) is 10.1 Å². The van der Waals surface area contributed by atoms with Crippen LogP contribution < -0.4 is 0 Å². The van der Waals surface area contributed by atoms with Crippen LogP contribution in [0.4, 0.5) is 18.9 Å². The lowest BCUT2D eigenvalue weighted by molar-refractivity contribution is -0.386. The molecule has 0 aliphatic rings. The molecule has 0 saturated heterocycles. The van der Waals surface area contributed by atoms with Crippen molar-refractivity contribution in [2.24, 2.45) is 0 Å². The topological polar surface area (TPSA) is 43.1 Å². The van der Waals surface area contributed by atoms with Crippen LogP contribution in [-0.2, 0) is 12.8 Å². The number of halogens is 3. The Balaban J connectivity index is 3.35. The number of benzene rings is 1. The van der Waals surface area contributed by atoms with Crippen LogP contribution in [0.2, 0.25) is 0 Å². The van der Waals surface area contributed by atoms with Crippen molar-refractivity contribution in [2.45, 2.75) is 71.4 Å². The van der Waals surface area contributed by atoms with Gasteiger partial charge in [-0.2, -0.15) is 13.2 Å². The van der Waals surface area contributed by atoms with Crippen LogP contribution in [0.1, 0.15) is 69.1 Å². The van der Waals surface area contributed by atoms with Gasteiger partial charge in [0.15, 0.2) is 0 Å². The monoisotopic (exact) mass is 357 g/mol. The fraction of sp³-hybridized carbons (Fsp3) is 0.579. The molecule has 0 amide bonds. The molecule has 25 heavy (non-hydrogen) atoms. The average Bonchev–Trinajstić information content (AvgIpc) is 2.53. The van der Waals surface area contributed by atoms with E-state index < -0.39 is 16.7 Å². The number of rotatable bonds is 10. The van der Waals surface area contributed by atoms with Gasteiger partial charge in [-0.1, -0.05) is 46.1 Å². The standard InChI is InChI=1S/C19H26F3NO2/c1-4-6-8-10-15-12-17(14(3)19(20,21)22)13-16(11-9-7-5-2)18(15)23(24)25/h12-13H,3-11H2,1-2H3. The number of nitrogens with zero attached hydrogens (tertiary/aromatic N) is 1. The summed E-state index contributed by atoms with van der Waals surface area (Å²) < 4.78 is 39.1. The van der Waals surface area contributed by atoms with Crippen molar-refractivity contribution < 1.29 is 18.1 Å². The van der Waals surface area contributed by atoms with Crippen molar-refractivity contribution in [3.05, 3.63) is 45.5 Å². The van der Waals surface area contributed by atoms with Gasteiger partial charge in [0, 0.05) is 11.1 Å². The Labute approximate surface area is 147 Å². The molecule has 0 bridgehead atoms. The van der Waals surface area contributed by atoms with Crippen molar-refractivity contribution in [1.82, 2.24) is 0 Å². The maximum atomic E-state index is 13.0. The summed E-state index contributed by atoms with van der Waals surface area (Å²) in [6.07, 6.45) is 1.34. The van der Waals surface area contributed by atoms with Gasteiger partial charge in [-0.25, -0.2) is 0 Å². The second-order valence-corrected chi connectivity index (χ2v) is 6.29. The SMILES string of the molecule is C=C(c1cc(CCCCC)c([N+](=O)[O-])c(CCCCC)c1)C(F)(F)F. The first-order valence-electron chi connectivity index (χ1n) is 8.79. The summed E-state index contributed by atoms with van der Waals surface area (Å²) in [6, 6.07) is 2.60. The van der Waals surface area contributed by atoms with Gasteiger partial charge in [-0.15, -0.1) is 0 Å². The molecule has 0 aliphatic heterocycles. The number of nitro benzene ring substituents is 1. The highest BCUT2D eigenvalue weighted by Crippen LogP contribution is 2.37. The molecule has 0 saturated carbocycles. The molecule has 0 N–H and O–H groups in total. The lowest BCUT2D eigenvalue weighted by atomic mass is 9.93. The maximum Gasteiger partial charge on any atom is 0.416 e. The lowest BCUT2D eigenvalue weighted by Crippen LogP contribution is -2.11. The highest BCUT2D eigenvalue weighted by Gasteiger charge is 2.34. The summed E-state index contributed by atoms with van der Waals surface area (Å²) >= 11 is 0. The predicted molar refractivity (Wildman–Crippen MR) is 94.6 cm³/mol. The first kappa shape index (κ1) is 21.2. The van der Waals surface area contributed by atoms with E-state index >= 15 is 0 Å². The maximum absolute atomic E-state index is 13.0. The van der Waals surface area contributed by atoms with Gasteiger partial charge >= 0.3 is 6.18 Å². The molecule has 1 aromatic rings. The van der Waals surface area contributed by atoms with Crippen LogP contribution >= 0.6 is 0 Å². The van der Waals surface area contributed by atoms with E-state index in [1.807, 2.05) is 13.8 Å². The van der Waals surface area contributed by atoms with Crippen molar-refractivity contribution >= 4 is 11.3 Å². The highest BCUT2D eigenvalue weighted by atomic mass is 19.4. The summed E-state index contributed by atoms with van der Waals surface area (Å²) in [5.41, 5.74) is -0.265. The van der Waals surface area contributed by atoms with Gasteiger partial charge in [0.05, 0.1) is 10.5 Å². The summed E-state index contributed by atoms with van der Waals surface area (Å²) in [7, 11) is 0. The van der Waals surface area contributed by atoms with Crippen LogP contribution in [0.3, 0.4) is 0 Å². The second kappa shape index (κ2) is 9.59. The Morgan fingerprint density at radius 3 is 1.80 bits per heavy atom. The Morgan fingerprint density at radius 1 is 1.04 bits per heavy atom. The first-order chi connectivity index (χ1) is 11.7. The van der Waals surface area contributed by atoms with E-state index in [0.717, 1.165) is 25.7 Å². The third kappa shape index (κ3) is 6.18. The van der Waals surface area contributed by atoms with Crippen LogP contribution in [0.25, 0.3) is 5.57 Å². The van der Waals surface area contributed by atoms with Crippen LogP contribution in [0.5, 0.6) is 0 Å². The van der Waals surface area contributed by atoms with E-state index in [0.29, 0.717) is 36.8 Å². The van der Waals surface area contributed by atoms with E-state index in [-0.39, 0.29) is 11.3 Å². The smallest absolute Gasteiger partial charge is 0.258 e. The molecular formula is C19H26F3NO2. The Bertz CT molecular complexity index is 578. The van der Waals surface area contributed by atoms with E-state index in [1.54, 1.807) is 0 Å². The van der Waals surface area contributed by atoms with Crippen molar-refractivity contribution in [3.63, 3.8) is 0 Å². The zero-order valence-corrected chi connectivity index (χ0v) is 14.9. The first-order valence-corrected chi connectivity index (χ1v) is 8.79. The van der Waals surface area contributed by atoms with Gasteiger partial charge in [-0.05, 0) is 43.4 Å². The molecule has 0 unspecified atom stereocenters. The molecule has 0 atom stereocenters. The minimum Gasteiger partial charge on any atom is -0.258 e. The minimum absolute atomic E-state index is 0.0223. The Morgan fingerprint density at radius 2 is 1.48 bits per heavy atom. The van der Waals surface area contributed by atoms with Crippen molar-refractivity contribution in [3.8, 4) is 0 Å². The molecule has 0 radical (unpaired) electrons. The number of hydrogen-bond acceptors (Lipinski definition) is 2. The quantitative estimate of drug-likeness (QED) is 0.268. The Kier molecular flexibility index (Phi) is 8.13. The Hall–Kier alpha value is -1.85. The summed E-state index contributed by atoms with van der Waals surface area (Å²) in [5, 5.41) is 11.5. The number of allylic oxidation sites excluding steroid dienone is 1. The number of hydrogen-bond donors (Lipinski definition) is 0. The van der Waals surface area contributed by atoms with Gasteiger partial charge in [0.25, 0.3) is 5.69 Å². The third-order valence-corrected chi connectivity index (χ3v) is 4.24. The molecule has 140 valence electrons. The molecule has 0 spiro atoms. The number of alkyl halides is 3. The second-order valence-electron chi connectivity index (χ2n) is 6.29. The number of aryl methyl sites for hydroxylation is 2. The fourth-order valence-corrected chi connectivity index (χ4v) is 2.84. The van der Waals surface area contributed by atoms with Crippen LogP contribution in [-0.4, -0.2) is 11.1 Å². The number of nitro groups is 1. The highest BCUT2D eigenvalue weighted by molar-refractivity contribution is 5.71. The fourth-order valence-electron chi connectivity index (χ4n) is 2.84. The third-order valence-electron chi connectivity index (χ3n) is 4.24. The van der Waals surface area contributed by atoms with E-state index in [4.69, 9.17) is 0 Å². The van der Waals surface area contributed by atoms with Crippen LogP contribution in [0.15, 0.2) is 18.7 Å². The zero-order valence-electron chi connectivity index (χ0n) is 14.9. The molecular weight excluding hydrogens is 331 g/mol. The van der Waals surface area contributed by atoms with E-state index in [1.165, 1.54) is 12.1 Å². The molecule has 0 aliphatic carbocycles. The molecule has 1 aromatic carbocycles.